The molecule has 0 unspecified atom stereocenters. The number of fused-ring (bicyclic) bond motifs is 1. The Labute approximate surface area is 163 Å². The minimum Gasteiger partial charge on any atom is -0.352 e. The van der Waals surface area contributed by atoms with Crippen LogP contribution in [0.3, 0.4) is 0 Å². The summed E-state index contributed by atoms with van der Waals surface area (Å²) < 4.78 is 38.1. The Morgan fingerprint density at radius 2 is 1.89 bits per heavy atom. The molecule has 3 fully saturated rings. The molecule has 7 heteroatoms. The molecular weight excluding hydrogens is 367 g/mol. The van der Waals surface area contributed by atoms with Crippen LogP contribution in [0.1, 0.15) is 43.2 Å². The molecule has 2 heterocycles. The van der Waals surface area contributed by atoms with Gasteiger partial charge in [-0.2, -0.15) is 13.2 Å². The van der Waals surface area contributed by atoms with Gasteiger partial charge in [-0.3, -0.25) is 9.69 Å². The van der Waals surface area contributed by atoms with Crippen molar-refractivity contribution in [3.05, 3.63) is 35.4 Å². The molecule has 3 aliphatic rings. The maximum Gasteiger partial charge on any atom is 0.416 e. The molecule has 0 bridgehead atoms. The van der Waals surface area contributed by atoms with E-state index in [0.717, 1.165) is 69.4 Å². The van der Waals surface area contributed by atoms with E-state index in [1.165, 1.54) is 0 Å². The van der Waals surface area contributed by atoms with Crippen molar-refractivity contribution in [2.75, 3.05) is 19.6 Å². The van der Waals surface area contributed by atoms with Crippen LogP contribution in [0.25, 0.3) is 0 Å². The molecule has 2 saturated heterocycles. The van der Waals surface area contributed by atoms with E-state index in [1.807, 2.05) is 0 Å². The van der Waals surface area contributed by atoms with E-state index in [4.69, 9.17) is 0 Å². The Hall–Kier alpha value is -1.60. The van der Waals surface area contributed by atoms with Crippen molar-refractivity contribution in [3.8, 4) is 0 Å². The zero-order valence-electron chi connectivity index (χ0n) is 16.0. The quantitative estimate of drug-likeness (QED) is 0.823. The number of nitrogens with zero attached hydrogens (tertiary/aromatic N) is 1. The highest BCUT2D eigenvalue weighted by molar-refractivity contribution is 5.82. The smallest absolute Gasteiger partial charge is 0.352 e. The topological polar surface area (TPSA) is 44.4 Å². The van der Waals surface area contributed by atoms with Gasteiger partial charge in [0.05, 0.1) is 11.6 Å². The summed E-state index contributed by atoms with van der Waals surface area (Å²) in [4.78, 5) is 14.9. The van der Waals surface area contributed by atoms with Gasteiger partial charge < -0.3 is 10.6 Å². The number of rotatable bonds is 4. The third kappa shape index (κ3) is 4.35. The van der Waals surface area contributed by atoms with Gasteiger partial charge in [-0.05, 0) is 61.8 Å². The summed E-state index contributed by atoms with van der Waals surface area (Å²) in [7, 11) is 0. The van der Waals surface area contributed by atoms with E-state index in [1.54, 1.807) is 12.1 Å². The van der Waals surface area contributed by atoms with Crippen molar-refractivity contribution < 1.29 is 18.0 Å². The fourth-order valence-electron chi connectivity index (χ4n) is 5.08. The highest BCUT2D eigenvalue weighted by atomic mass is 19.4. The van der Waals surface area contributed by atoms with Crippen LogP contribution >= 0.6 is 0 Å². The third-order valence-electron chi connectivity index (χ3n) is 6.57. The second kappa shape index (κ2) is 8.03. The lowest BCUT2D eigenvalue weighted by Crippen LogP contribution is -2.50. The molecule has 0 aromatic heterocycles. The first-order valence-corrected chi connectivity index (χ1v) is 10.3. The van der Waals surface area contributed by atoms with Crippen molar-refractivity contribution in [2.45, 2.75) is 56.9 Å². The number of likely N-dealkylation sites (tertiary alicyclic amines) is 1. The summed E-state index contributed by atoms with van der Waals surface area (Å²) in [5, 5.41) is 6.58. The average Bonchev–Trinajstić information content (AvgIpc) is 3.23. The molecule has 4 rings (SSSR count). The molecular formula is C21H28F3N3O. The number of amides is 1. The number of hydrogen-bond donors (Lipinski definition) is 2. The monoisotopic (exact) mass is 395 g/mol. The standard InChI is InChI=1S/C21H28F3N3O/c22-21(23,24)16-7-4-14(5-8-16)11-27-12-15-6-9-18(17(15)13-27)26-20(28)19-3-1-2-10-25-19/h4-5,7-8,15,17-19,25H,1-3,6,9-13H2,(H,26,28)/t15-,17+,18+,19-/m0/s1. The first-order valence-electron chi connectivity index (χ1n) is 10.3. The first kappa shape index (κ1) is 19.7. The first-order chi connectivity index (χ1) is 13.4. The summed E-state index contributed by atoms with van der Waals surface area (Å²) >= 11 is 0. The zero-order valence-corrected chi connectivity index (χ0v) is 16.0. The molecule has 1 aliphatic carbocycles. The van der Waals surface area contributed by atoms with Crippen LogP contribution in [0.4, 0.5) is 13.2 Å². The van der Waals surface area contributed by atoms with Crippen LogP contribution in [0.5, 0.6) is 0 Å². The minimum atomic E-state index is -4.29. The van der Waals surface area contributed by atoms with Crippen LogP contribution in [-0.2, 0) is 17.5 Å². The Morgan fingerprint density at radius 1 is 1.11 bits per heavy atom. The summed E-state index contributed by atoms with van der Waals surface area (Å²) in [5.74, 6) is 1.15. The number of carbonyl (C=O) groups excluding carboxylic acids is 1. The van der Waals surface area contributed by atoms with Gasteiger partial charge in [0.15, 0.2) is 0 Å². The molecule has 1 saturated carbocycles. The number of halogens is 3. The summed E-state index contributed by atoms with van der Waals surface area (Å²) in [6.07, 6.45) is 0.993. The minimum absolute atomic E-state index is 0.0579. The van der Waals surface area contributed by atoms with Crippen molar-refractivity contribution in [2.24, 2.45) is 11.8 Å². The predicted molar refractivity (Wildman–Crippen MR) is 101 cm³/mol. The highest BCUT2D eigenvalue weighted by Gasteiger charge is 2.43. The number of benzene rings is 1. The molecule has 154 valence electrons. The predicted octanol–water partition coefficient (Wildman–Crippen LogP) is 3.17. The van der Waals surface area contributed by atoms with Crippen LogP contribution in [0, 0.1) is 11.8 Å². The largest absolute Gasteiger partial charge is 0.416 e. The average molecular weight is 395 g/mol. The molecule has 2 aliphatic heterocycles. The van der Waals surface area contributed by atoms with E-state index in [2.05, 4.69) is 15.5 Å². The van der Waals surface area contributed by atoms with Gasteiger partial charge in [0, 0.05) is 25.7 Å². The normalized spacial score (nSPS) is 31.0. The van der Waals surface area contributed by atoms with Crippen LogP contribution in [0.15, 0.2) is 24.3 Å². The summed E-state index contributed by atoms with van der Waals surface area (Å²) in [6, 6.07) is 5.63. The second-order valence-corrected chi connectivity index (χ2v) is 8.51. The Bertz CT molecular complexity index is 685. The lowest BCUT2D eigenvalue weighted by atomic mass is 9.97. The van der Waals surface area contributed by atoms with Gasteiger partial charge in [-0.25, -0.2) is 0 Å². The number of nitrogens with one attached hydrogen (secondary N) is 2. The molecule has 0 spiro atoms. The zero-order chi connectivity index (χ0) is 19.7. The van der Waals surface area contributed by atoms with Gasteiger partial charge in [-0.15, -0.1) is 0 Å². The maximum atomic E-state index is 12.7. The van der Waals surface area contributed by atoms with E-state index in [9.17, 15) is 18.0 Å². The fraction of sp³-hybridized carbons (Fsp3) is 0.667. The van der Waals surface area contributed by atoms with Gasteiger partial charge in [0.2, 0.25) is 5.91 Å². The SMILES string of the molecule is O=C(N[C@@H]1CC[C@H]2CN(Cc3ccc(C(F)(F)F)cc3)C[C@H]21)[C@@H]1CCCCN1. The lowest BCUT2D eigenvalue weighted by Gasteiger charge is -2.27. The van der Waals surface area contributed by atoms with Crippen LogP contribution < -0.4 is 10.6 Å². The number of carbonyl (C=O) groups is 1. The molecule has 28 heavy (non-hydrogen) atoms. The molecule has 0 radical (unpaired) electrons. The van der Waals surface area contributed by atoms with E-state index < -0.39 is 11.7 Å². The molecule has 1 amide bonds. The molecule has 1 aromatic rings. The third-order valence-corrected chi connectivity index (χ3v) is 6.57. The van der Waals surface area contributed by atoms with Crippen LogP contribution in [-0.4, -0.2) is 42.5 Å². The van der Waals surface area contributed by atoms with Crippen molar-refractivity contribution in [1.29, 1.82) is 0 Å². The number of alkyl halides is 3. The second-order valence-electron chi connectivity index (χ2n) is 8.51. The van der Waals surface area contributed by atoms with E-state index >= 15 is 0 Å². The van der Waals surface area contributed by atoms with E-state index in [0.29, 0.717) is 18.4 Å². The fourth-order valence-corrected chi connectivity index (χ4v) is 5.08. The number of piperidine rings is 1. The molecule has 2 N–H and O–H groups in total. The lowest BCUT2D eigenvalue weighted by molar-refractivity contribution is -0.137. The van der Waals surface area contributed by atoms with Crippen molar-refractivity contribution in [3.63, 3.8) is 0 Å². The van der Waals surface area contributed by atoms with Crippen molar-refractivity contribution in [1.82, 2.24) is 15.5 Å². The van der Waals surface area contributed by atoms with Gasteiger partial charge >= 0.3 is 6.18 Å². The van der Waals surface area contributed by atoms with Gasteiger partial charge in [0.25, 0.3) is 0 Å². The Kier molecular flexibility index (Phi) is 5.65. The Balaban J connectivity index is 1.31. The summed E-state index contributed by atoms with van der Waals surface area (Å²) in [6.45, 7) is 3.43. The van der Waals surface area contributed by atoms with E-state index in [-0.39, 0.29) is 18.0 Å². The summed E-state index contributed by atoms with van der Waals surface area (Å²) in [5.41, 5.74) is 0.300. The molecule has 4 nitrogen and oxygen atoms in total. The van der Waals surface area contributed by atoms with Gasteiger partial charge in [0.1, 0.15) is 0 Å². The highest BCUT2D eigenvalue weighted by Crippen LogP contribution is 2.39. The Morgan fingerprint density at radius 3 is 2.57 bits per heavy atom. The van der Waals surface area contributed by atoms with Gasteiger partial charge in [-0.1, -0.05) is 18.6 Å². The van der Waals surface area contributed by atoms with Crippen molar-refractivity contribution >= 4 is 5.91 Å². The molecule has 1 aromatic carbocycles. The molecule has 4 atom stereocenters. The maximum absolute atomic E-state index is 12.7. The number of hydrogen-bond acceptors (Lipinski definition) is 3. The van der Waals surface area contributed by atoms with Crippen LogP contribution in [0.2, 0.25) is 0 Å².